The summed E-state index contributed by atoms with van der Waals surface area (Å²) in [4.78, 5) is 24.5. The van der Waals surface area contributed by atoms with E-state index in [0.717, 1.165) is 5.56 Å². The lowest BCUT2D eigenvalue weighted by Crippen LogP contribution is -2.27. The standard InChI is InChI=1S/C19H15NO6/c1-23-13-4-3-12-7-14(19(22)26-16(12)8-13)18(21)20-9-11-2-5-15-17(6-11)25-10-24-15/h2-8H,9-10H2,1H3,(H,20,21). The average Bonchev–Trinajstić information content (AvgIpc) is 3.12. The third kappa shape index (κ3) is 2.95. The van der Waals surface area contributed by atoms with E-state index in [9.17, 15) is 9.59 Å². The third-order valence-corrected chi connectivity index (χ3v) is 4.08. The van der Waals surface area contributed by atoms with Gasteiger partial charge in [-0.15, -0.1) is 0 Å². The lowest BCUT2D eigenvalue weighted by atomic mass is 10.1. The first-order valence-electron chi connectivity index (χ1n) is 7.92. The van der Waals surface area contributed by atoms with Crippen molar-refractivity contribution in [2.45, 2.75) is 6.54 Å². The lowest BCUT2D eigenvalue weighted by Gasteiger charge is -2.07. The molecule has 0 radical (unpaired) electrons. The van der Waals surface area contributed by atoms with E-state index in [2.05, 4.69) is 5.32 Å². The molecule has 0 spiro atoms. The molecule has 7 nitrogen and oxygen atoms in total. The Kier molecular flexibility index (Phi) is 3.96. The minimum absolute atomic E-state index is 0.0524. The molecule has 0 saturated heterocycles. The van der Waals surface area contributed by atoms with Crippen molar-refractivity contribution in [1.82, 2.24) is 5.32 Å². The molecule has 7 heteroatoms. The smallest absolute Gasteiger partial charge is 0.349 e. The van der Waals surface area contributed by atoms with Crippen molar-refractivity contribution in [1.29, 1.82) is 0 Å². The summed E-state index contributed by atoms with van der Waals surface area (Å²) in [6.07, 6.45) is 0. The van der Waals surface area contributed by atoms with Crippen LogP contribution in [0, 0.1) is 0 Å². The van der Waals surface area contributed by atoms with Crippen LogP contribution in [0.15, 0.2) is 51.7 Å². The largest absolute Gasteiger partial charge is 0.497 e. The molecule has 1 amide bonds. The molecular weight excluding hydrogens is 338 g/mol. The zero-order valence-corrected chi connectivity index (χ0v) is 13.9. The van der Waals surface area contributed by atoms with Crippen LogP contribution in [0.5, 0.6) is 17.2 Å². The van der Waals surface area contributed by atoms with Gasteiger partial charge in [0, 0.05) is 18.0 Å². The van der Waals surface area contributed by atoms with E-state index in [1.54, 1.807) is 30.3 Å². The van der Waals surface area contributed by atoms with Crippen LogP contribution in [0.25, 0.3) is 11.0 Å². The van der Waals surface area contributed by atoms with Gasteiger partial charge in [0.05, 0.1) is 7.11 Å². The summed E-state index contributed by atoms with van der Waals surface area (Å²) < 4.78 is 20.9. The molecule has 4 rings (SSSR count). The highest BCUT2D eigenvalue weighted by Gasteiger charge is 2.16. The van der Waals surface area contributed by atoms with Crippen LogP contribution in [0.4, 0.5) is 0 Å². The van der Waals surface area contributed by atoms with Gasteiger partial charge in [0.15, 0.2) is 11.5 Å². The highest BCUT2D eigenvalue weighted by molar-refractivity contribution is 5.96. The van der Waals surface area contributed by atoms with E-state index >= 15 is 0 Å². The molecule has 0 unspecified atom stereocenters. The first kappa shape index (κ1) is 16.0. The van der Waals surface area contributed by atoms with Crippen LogP contribution in [0.1, 0.15) is 15.9 Å². The SMILES string of the molecule is COc1ccc2cc(C(=O)NCc3ccc4c(c3)OCO4)c(=O)oc2c1. The van der Waals surface area contributed by atoms with Crippen molar-refractivity contribution < 1.29 is 23.4 Å². The number of hydrogen-bond acceptors (Lipinski definition) is 6. The molecule has 1 aliphatic heterocycles. The Morgan fingerprint density at radius 2 is 1.96 bits per heavy atom. The first-order chi connectivity index (χ1) is 12.6. The van der Waals surface area contributed by atoms with Crippen molar-refractivity contribution in [3.8, 4) is 17.2 Å². The van der Waals surface area contributed by atoms with Gasteiger partial charge in [-0.25, -0.2) is 4.79 Å². The van der Waals surface area contributed by atoms with Crippen molar-refractivity contribution >= 4 is 16.9 Å². The van der Waals surface area contributed by atoms with Gasteiger partial charge in [0.25, 0.3) is 5.91 Å². The molecule has 2 heterocycles. The molecule has 0 atom stereocenters. The Balaban J connectivity index is 1.54. The average molecular weight is 353 g/mol. The van der Waals surface area contributed by atoms with Gasteiger partial charge in [-0.05, 0) is 35.9 Å². The summed E-state index contributed by atoms with van der Waals surface area (Å²) in [5, 5.41) is 3.35. The summed E-state index contributed by atoms with van der Waals surface area (Å²) >= 11 is 0. The molecule has 26 heavy (non-hydrogen) atoms. The predicted molar refractivity (Wildman–Crippen MR) is 92.8 cm³/mol. The second-order valence-corrected chi connectivity index (χ2v) is 5.72. The molecule has 2 aromatic carbocycles. The maximum Gasteiger partial charge on any atom is 0.349 e. The highest BCUT2D eigenvalue weighted by Crippen LogP contribution is 2.32. The fraction of sp³-hybridized carbons (Fsp3) is 0.158. The summed E-state index contributed by atoms with van der Waals surface area (Å²) in [7, 11) is 1.53. The second-order valence-electron chi connectivity index (χ2n) is 5.72. The molecule has 132 valence electrons. The summed E-state index contributed by atoms with van der Waals surface area (Å²) in [6.45, 7) is 0.434. The number of nitrogens with one attached hydrogen (secondary N) is 1. The fourth-order valence-electron chi connectivity index (χ4n) is 2.71. The summed E-state index contributed by atoms with van der Waals surface area (Å²) in [6, 6.07) is 12.0. The molecule has 0 fully saturated rings. The molecule has 0 aliphatic carbocycles. The molecule has 1 aliphatic rings. The van der Waals surface area contributed by atoms with Crippen LogP contribution in [-0.4, -0.2) is 19.8 Å². The van der Waals surface area contributed by atoms with Crippen LogP contribution in [-0.2, 0) is 6.54 Å². The molecule has 3 aromatic rings. The van der Waals surface area contributed by atoms with Crippen LogP contribution >= 0.6 is 0 Å². The van der Waals surface area contributed by atoms with E-state index < -0.39 is 11.5 Å². The second kappa shape index (κ2) is 6.44. The van der Waals surface area contributed by atoms with Crippen LogP contribution in [0.3, 0.4) is 0 Å². The Labute approximate surface area is 148 Å². The van der Waals surface area contributed by atoms with Crippen LogP contribution in [0.2, 0.25) is 0 Å². The monoisotopic (exact) mass is 353 g/mol. The molecule has 0 bridgehead atoms. The number of carbonyl (C=O) groups excluding carboxylic acids is 1. The van der Waals surface area contributed by atoms with Gasteiger partial charge < -0.3 is 23.9 Å². The van der Waals surface area contributed by atoms with Gasteiger partial charge in [-0.2, -0.15) is 0 Å². The Bertz CT molecular complexity index is 1060. The van der Waals surface area contributed by atoms with Crippen molar-refractivity contribution in [3.63, 3.8) is 0 Å². The fourth-order valence-corrected chi connectivity index (χ4v) is 2.71. The number of fused-ring (bicyclic) bond motifs is 2. The van der Waals surface area contributed by atoms with Crippen molar-refractivity contribution in [2.24, 2.45) is 0 Å². The van der Waals surface area contributed by atoms with E-state index in [1.165, 1.54) is 13.2 Å². The first-order valence-corrected chi connectivity index (χ1v) is 7.92. The van der Waals surface area contributed by atoms with Crippen LogP contribution < -0.4 is 25.2 Å². The van der Waals surface area contributed by atoms with Crippen molar-refractivity contribution in [3.05, 3.63) is 64.0 Å². The Morgan fingerprint density at radius 3 is 2.81 bits per heavy atom. The molecule has 1 aromatic heterocycles. The number of benzene rings is 2. The molecule has 1 N–H and O–H groups in total. The quantitative estimate of drug-likeness (QED) is 0.725. The van der Waals surface area contributed by atoms with Gasteiger partial charge >= 0.3 is 5.63 Å². The highest BCUT2D eigenvalue weighted by atomic mass is 16.7. The predicted octanol–water partition coefficient (Wildman–Crippen LogP) is 2.46. The van der Waals surface area contributed by atoms with Gasteiger partial charge in [0.2, 0.25) is 6.79 Å². The minimum atomic E-state index is -0.700. The zero-order valence-electron chi connectivity index (χ0n) is 13.9. The zero-order chi connectivity index (χ0) is 18.1. The van der Waals surface area contributed by atoms with E-state index in [1.807, 2.05) is 6.07 Å². The number of methoxy groups -OCH3 is 1. The van der Waals surface area contributed by atoms with Crippen molar-refractivity contribution in [2.75, 3.05) is 13.9 Å². The number of hydrogen-bond donors (Lipinski definition) is 1. The van der Waals surface area contributed by atoms with Gasteiger partial charge in [-0.3, -0.25) is 4.79 Å². The van der Waals surface area contributed by atoms with Gasteiger partial charge in [0.1, 0.15) is 16.9 Å². The van der Waals surface area contributed by atoms with Gasteiger partial charge in [-0.1, -0.05) is 6.07 Å². The van der Waals surface area contributed by atoms with E-state index in [-0.39, 0.29) is 18.9 Å². The summed E-state index contributed by atoms with van der Waals surface area (Å²) in [5.74, 6) is 1.37. The number of rotatable bonds is 4. The number of carbonyl (C=O) groups is 1. The lowest BCUT2D eigenvalue weighted by molar-refractivity contribution is 0.0947. The van der Waals surface area contributed by atoms with E-state index in [4.69, 9.17) is 18.6 Å². The number of amides is 1. The van der Waals surface area contributed by atoms with E-state index in [0.29, 0.717) is 28.2 Å². The topological polar surface area (TPSA) is 87.0 Å². The summed E-state index contributed by atoms with van der Waals surface area (Å²) in [5.41, 5.74) is 0.441. The minimum Gasteiger partial charge on any atom is -0.497 e. The molecule has 0 saturated carbocycles. The maximum atomic E-state index is 12.4. The maximum absolute atomic E-state index is 12.4. The normalized spacial score (nSPS) is 12.2. The number of ether oxygens (including phenoxy) is 3. The Hall–Kier alpha value is -3.48. The third-order valence-electron chi connectivity index (χ3n) is 4.08. The Morgan fingerprint density at radius 1 is 1.12 bits per heavy atom. The molecular formula is C19H15NO6.